The predicted molar refractivity (Wildman–Crippen MR) is 124 cm³/mol. The second-order valence-electron chi connectivity index (χ2n) is 7.81. The number of aromatic nitrogens is 1. The summed E-state index contributed by atoms with van der Waals surface area (Å²) < 4.78 is 0. The number of carbonyl (C=O) groups is 1. The maximum Gasteiger partial charge on any atom is 0.227 e. The third kappa shape index (κ3) is 4.89. The SMILES string of the molecule is Cc1nc(CN2CCC(C(=O)Nc3ccccc3N(C)c3ccccc3)CC2)cs1. The van der Waals surface area contributed by atoms with Crippen LogP contribution in [0.25, 0.3) is 0 Å². The van der Waals surface area contributed by atoms with Crippen molar-refractivity contribution in [2.45, 2.75) is 26.3 Å². The van der Waals surface area contributed by atoms with Gasteiger partial charge in [-0.2, -0.15) is 0 Å². The maximum absolute atomic E-state index is 13.0. The Labute approximate surface area is 182 Å². The zero-order valence-electron chi connectivity index (χ0n) is 17.5. The first-order chi connectivity index (χ1) is 14.6. The van der Waals surface area contributed by atoms with Gasteiger partial charge in [0.15, 0.2) is 0 Å². The van der Waals surface area contributed by atoms with Gasteiger partial charge in [-0.05, 0) is 57.1 Å². The van der Waals surface area contributed by atoms with Gasteiger partial charge in [-0.3, -0.25) is 9.69 Å². The molecule has 1 aliphatic rings. The average molecular weight is 421 g/mol. The van der Waals surface area contributed by atoms with Crippen LogP contribution in [0.3, 0.4) is 0 Å². The highest BCUT2D eigenvalue weighted by Crippen LogP contribution is 2.31. The van der Waals surface area contributed by atoms with E-state index in [0.717, 1.165) is 60.2 Å². The number of thiazole rings is 1. The molecular formula is C24H28N4OS. The summed E-state index contributed by atoms with van der Waals surface area (Å²) in [5.41, 5.74) is 4.07. The van der Waals surface area contributed by atoms with Gasteiger partial charge < -0.3 is 10.2 Å². The molecule has 1 N–H and O–H groups in total. The Hall–Kier alpha value is -2.70. The molecule has 1 saturated heterocycles. The third-order valence-electron chi connectivity index (χ3n) is 5.68. The molecule has 0 saturated carbocycles. The second-order valence-corrected chi connectivity index (χ2v) is 8.87. The summed E-state index contributed by atoms with van der Waals surface area (Å²) in [7, 11) is 2.03. The Morgan fingerprint density at radius 3 is 2.53 bits per heavy atom. The van der Waals surface area contributed by atoms with Gasteiger partial charge in [-0.25, -0.2) is 4.98 Å². The molecule has 0 aliphatic carbocycles. The van der Waals surface area contributed by atoms with Crippen molar-refractivity contribution in [1.82, 2.24) is 9.88 Å². The van der Waals surface area contributed by atoms with Crippen molar-refractivity contribution in [2.24, 2.45) is 5.92 Å². The summed E-state index contributed by atoms with van der Waals surface area (Å²) in [6, 6.07) is 18.2. The van der Waals surface area contributed by atoms with Crippen molar-refractivity contribution >= 4 is 34.3 Å². The van der Waals surface area contributed by atoms with E-state index in [1.54, 1.807) is 11.3 Å². The Morgan fingerprint density at radius 2 is 1.83 bits per heavy atom. The maximum atomic E-state index is 13.0. The van der Waals surface area contributed by atoms with Crippen LogP contribution < -0.4 is 10.2 Å². The zero-order valence-corrected chi connectivity index (χ0v) is 18.4. The van der Waals surface area contributed by atoms with Crippen LogP contribution in [0.1, 0.15) is 23.5 Å². The van der Waals surface area contributed by atoms with Crippen molar-refractivity contribution in [3.8, 4) is 0 Å². The molecule has 0 spiro atoms. The van der Waals surface area contributed by atoms with Crippen LogP contribution in [-0.4, -0.2) is 35.9 Å². The van der Waals surface area contributed by atoms with Crippen molar-refractivity contribution in [3.63, 3.8) is 0 Å². The number of likely N-dealkylation sites (tertiary alicyclic amines) is 1. The number of para-hydroxylation sites is 3. The zero-order chi connectivity index (χ0) is 20.9. The summed E-state index contributed by atoms with van der Waals surface area (Å²) in [4.78, 5) is 22.1. The van der Waals surface area contributed by atoms with Crippen molar-refractivity contribution < 1.29 is 4.79 Å². The molecular weight excluding hydrogens is 392 g/mol. The highest BCUT2D eigenvalue weighted by molar-refractivity contribution is 7.09. The summed E-state index contributed by atoms with van der Waals surface area (Å²) in [6.07, 6.45) is 1.76. The molecule has 3 aromatic rings. The molecule has 4 rings (SSSR count). The fraction of sp³-hybridized carbons (Fsp3) is 0.333. The topological polar surface area (TPSA) is 48.5 Å². The van der Waals surface area contributed by atoms with Crippen molar-refractivity contribution in [3.05, 3.63) is 70.7 Å². The molecule has 0 unspecified atom stereocenters. The van der Waals surface area contributed by atoms with E-state index in [9.17, 15) is 4.79 Å². The number of carbonyl (C=O) groups excluding carboxylic acids is 1. The summed E-state index contributed by atoms with van der Waals surface area (Å²) >= 11 is 1.70. The number of rotatable bonds is 6. The minimum absolute atomic E-state index is 0.0495. The molecule has 2 aromatic carbocycles. The quantitative estimate of drug-likeness (QED) is 0.605. The van der Waals surface area contributed by atoms with Gasteiger partial charge in [0, 0.05) is 30.6 Å². The predicted octanol–water partition coefficient (Wildman–Crippen LogP) is 5.07. The smallest absolute Gasteiger partial charge is 0.227 e. The fourth-order valence-electron chi connectivity index (χ4n) is 3.96. The number of aryl methyl sites for hydroxylation is 1. The molecule has 1 amide bonds. The molecule has 0 bridgehead atoms. The molecule has 2 heterocycles. The lowest BCUT2D eigenvalue weighted by atomic mass is 9.95. The molecule has 1 fully saturated rings. The van der Waals surface area contributed by atoms with E-state index in [-0.39, 0.29) is 11.8 Å². The minimum Gasteiger partial charge on any atom is -0.343 e. The van der Waals surface area contributed by atoms with Crippen LogP contribution in [-0.2, 0) is 11.3 Å². The molecule has 1 aliphatic heterocycles. The van der Waals surface area contributed by atoms with E-state index < -0.39 is 0 Å². The Balaban J connectivity index is 1.37. The van der Waals surface area contributed by atoms with E-state index in [0.29, 0.717) is 0 Å². The summed E-state index contributed by atoms with van der Waals surface area (Å²) in [6.45, 7) is 4.78. The fourth-order valence-corrected chi connectivity index (χ4v) is 4.56. The Morgan fingerprint density at radius 1 is 1.13 bits per heavy atom. The van der Waals surface area contributed by atoms with E-state index in [1.165, 1.54) is 0 Å². The summed E-state index contributed by atoms with van der Waals surface area (Å²) in [5, 5.41) is 6.43. The molecule has 6 heteroatoms. The first-order valence-corrected chi connectivity index (χ1v) is 11.3. The number of hydrogen-bond acceptors (Lipinski definition) is 5. The molecule has 0 atom stereocenters. The van der Waals surface area contributed by atoms with Gasteiger partial charge in [0.05, 0.1) is 22.1 Å². The number of benzene rings is 2. The van der Waals surface area contributed by atoms with Crippen LogP contribution in [0.15, 0.2) is 60.0 Å². The Bertz CT molecular complexity index is 980. The molecule has 5 nitrogen and oxygen atoms in total. The van der Waals surface area contributed by atoms with Gasteiger partial charge >= 0.3 is 0 Å². The number of piperidine rings is 1. The van der Waals surface area contributed by atoms with Crippen LogP contribution in [0, 0.1) is 12.8 Å². The lowest BCUT2D eigenvalue weighted by Gasteiger charge is -2.31. The third-order valence-corrected chi connectivity index (χ3v) is 6.50. The highest BCUT2D eigenvalue weighted by atomic mass is 32.1. The summed E-state index contributed by atoms with van der Waals surface area (Å²) in [5.74, 6) is 0.168. The first-order valence-electron chi connectivity index (χ1n) is 10.4. The molecule has 156 valence electrons. The van der Waals surface area contributed by atoms with Gasteiger partial charge in [-0.15, -0.1) is 11.3 Å². The average Bonchev–Trinajstić information content (AvgIpc) is 3.19. The lowest BCUT2D eigenvalue weighted by molar-refractivity contribution is -0.121. The van der Waals surface area contributed by atoms with Gasteiger partial charge in [0.2, 0.25) is 5.91 Å². The number of nitrogens with zero attached hydrogens (tertiary/aromatic N) is 3. The number of hydrogen-bond donors (Lipinski definition) is 1. The monoisotopic (exact) mass is 420 g/mol. The van der Waals surface area contributed by atoms with Gasteiger partial charge in [0.25, 0.3) is 0 Å². The molecule has 0 radical (unpaired) electrons. The number of amides is 1. The van der Waals surface area contributed by atoms with Crippen LogP contribution in [0.5, 0.6) is 0 Å². The van der Waals surface area contributed by atoms with Gasteiger partial charge in [0.1, 0.15) is 0 Å². The van der Waals surface area contributed by atoms with Crippen LogP contribution in [0.4, 0.5) is 17.1 Å². The number of anilines is 3. The van der Waals surface area contributed by atoms with Crippen LogP contribution >= 0.6 is 11.3 Å². The standard InChI is InChI=1S/C24H28N4OS/c1-18-25-20(17-30-18)16-28-14-12-19(13-15-28)24(29)26-22-10-6-7-11-23(22)27(2)21-8-4-3-5-9-21/h3-11,17,19H,12-16H2,1-2H3,(H,26,29). The minimum atomic E-state index is 0.0495. The van der Waals surface area contributed by atoms with Crippen molar-refractivity contribution in [2.75, 3.05) is 30.4 Å². The number of nitrogens with one attached hydrogen (secondary N) is 1. The molecule has 1 aromatic heterocycles. The normalized spacial score (nSPS) is 15.1. The van der Waals surface area contributed by atoms with E-state index >= 15 is 0 Å². The van der Waals surface area contributed by atoms with E-state index in [4.69, 9.17) is 0 Å². The Kier molecular flexibility index (Phi) is 6.45. The van der Waals surface area contributed by atoms with Crippen molar-refractivity contribution in [1.29, 1.82) is 0 Å². The first kappa shape index (κ1) is 20.6. The second kappa shape index (κ2) is 9.41. The lowest BCUT2D eigenvalue weighted by Crippen LogP contribution is -2.38. The van der Waals surface area contributed by atoms with E-state index in [1.807, 2.05) is 56.4 Å². The van der Waals surface area contributed by atoms with Crippen LogP contribution in [0.2, 0.25) is 0 Å². The van der Waals surface area contributed by atoms with Gasteiger partial charge in [-0.1, -0.05) is 30.3 Å². The highest BCUT2D eigenvalue weighted by Gasteiger charge is 2.26. The largest absolute Gasteiger partial charge is 0.343 e. The van der Waals surface area contributed by atoms with E-state index in [2.05, 4.69) is 37.6 Å². The molecule has 30 heavy (non-hydrogen) atoms.